The summed E-state index contributed by atoms with van der Waals surface area (Å²) in [5.41, 5.74) is 1.24. The highest BCUT2D eigenvalue weighted by Crippen LogP contribution is 2.37. The van der Waals surface area contributed by atoms with E-state index < -0.39 is 5.79 Å². The zero-order valence-corrected chi connectivity index (χ0v) is 17.3. The Morgan fingerprint density at radius 1 is 0.964 bits per heavy atom. The Kier molecular flexibility index (Phi) is 6.56. The van der Waals surface area contributed by atoms with Gasteiger partial charge in [-0.25, -0.2) is 0 Å². The molecule has 5 heteroatoms. The fourth-order valence-electron chi connectivity index (χ4n) is 4.75. The third-order valence-corrected chi connectivity index (χ3v) is 6.45. The van der Waals surface area contributed by atoms with Gasteiger partial charge in [0.15, 0.2) is 6.29 Å². The van der Waals surface area contributed by atoms with Gasteiger partial charge in [0.1, 0.15) is 5.75 Å². The smallest absolute Gasteiger partial charge is 0.214 e. The van der Waals surface area contributed by atoms with Gasteiger partial charge in [-0.1, -0.05) is 19.1 Å². The van der Waals surface area contributed by atoms with Crippen molar-refractivity contribution >= 4 is 0 Å². The lowest BCUT2D eigenvalue weighted by molar-refractivity contribution is -0.300. The molecule has 0 amide bonds. The molecule has 3 aliphatic rings. The van der Waals surface area contributed by atoms with Gasteiger partial charge in [0.05, 0.1) is 6.10 Å². The molecule has 3 fully saturated rings. The lowest BCUT2D eigenvalue weighted by atomic mass is 9.90. The van der Waals surface area contributed by atoms with E-state index in [1.54, 1.807) is 0 Å². The molecular weight excluding hydrogens is 354 g/mol. The van der Waals surface area contributed by atoms with E-state index in [0.717, 1.165) is 57.7 Å². The van der Waals surface area contributed by atoms with Gasteiger partial charge in [-0.2, -0.15) is 0 Å². The first-order valence-electron chi connectivity index (χ1n) is 11.0. The quantitative estimate of drug-likeness (QED) is 0.730. The minimum Gasteiger partial charge on any atom is -0.462 e. The van der Waals surface area contributed by atoms with E-state index in [-0.39, 0.29) is 18.3 Å². The number of rotatable bonds is 6. The standard InChI is InChI=1S/C23H35NO4/c1-17-15-24-16-20(17)23(2,28-22-8-4-6-14-26-22)27-19-11-9-18(10-12-19)21-7-3-5-13-25-21/h9-12,17,20-22,24H,3-8,13-16H2,1-2H3. The topological polar surface area (TPSA) is 49.0 Å². The average molecular weight is 390 g/mol. The van der Waals surface area contributed by atoms with Crippen molar-refractivity contribution in [3.05, 3.63) is 29.8 Å². The van der Waals surface area contributed by atoms with Crippen molar-refractivity contribution in [3.63, 3.8) is 0 Å². The van der Waals surface area contributed by atoms with Gasteiger partial charge in [0.25, 0.3) is 0 Å². The maximum atomic E-state index is 6.52. The Morgan fingerprint density at radius 2 is 1.71 bits per heavy atom. The van der Waals surface area contributed by atoms with Crippen molar-refractivity contribution in [1.29, 1.82) is 0 Å². The molecule has 0 saturated carbocycles. The van der Waals surface area contributed by atoms with Crippen molar-refractivity contribution in [2.24, 2.45) is 11.8 Å². The van der Waals surface area contributed by atoms with Crippen LogP contribution in [-0.4, -0.2) is 38.4 Å². The predicted octanol–water partition coefficient (Wildman–Crippen LogP) is 4.42. The molecule has 1 N–H and O–H groups in total. The Bertz CT molecular complexity index is 610. The Labute approximate surface area is 169 Å². The van der Waals surface area contributed by atoms with E-state index in [9.17, 15) is 0 Å². The Morgan fingerprint density at radius 3 is 2.32 bits per heavy atom. The summed E-state index contributed by atoms with van der Waals surface area (Å²) in [6.07, 6.45) is 6.75. The third-order valence-electron chi connectivity index (χ3n) is 6.45. The van der Waals surface area contributed by atoms with Crippen LogP contribution in [0.15, 0.2) is 24.3 Å². The highest BCUT2D eigenvalue weighted by Gasteiger charge is 2.45. The summed E-state index contributed by atoms with van der Waals surface area (Å²) in [4.78, 5) is 0. The van der Waals surface area contributed by atoms with Crippen molar-refractivity contribution in [1.82, 2.24) is 5.32 Å². The normalized spacial score (nSPS) is 33.4. The van der Waals surface area contributed by atoms with E-state index in [4.69, 9.17) is 18.9 Å². The molecule has 1 aromatic rings. The van der Waals surface area contributed by atoms with E-state index in [1.807, 2.05) is 0 Å². The molecule has 5 nitrogen and oxygen atoms in total. The molecule has 0 aromatic heterocycles. The Balaban J connectivity index is 1.48. The first-order valence-corrected chi connectivity index (χ1v) is 11.0. The van der Waals surface area contributed by atoms with Gasteiger partial charge in [-0.15, -0.1) is 0 Å². The van der Waals surface area contributed by atoms with E-state index in [0.29, 0.717) is 5.92 Å². The van der Waals surface area contributed by atoms with Crippen LogP contribution < -0.4 is 10.1 Å². The van der Waals surface area contributed by atoms with Crippen LogP contribution in [-0.2, 0) is 14.2 Å². The molecule has 0 bridgehead atoms. The van der Waals surface area contributed by atoms with Gasteiger partial charge in [-0.3, -0.25) is 0 Å². The highest BCUT2D eigenvalue weighted by molar-refractivity contribution is 5.29. The summed E-state index contributed by atoms with van der Waals surface area (Å²) in [5, 5.41) is 3.49. The summed E-state index contributed by atoms with van der Waals surface area (Å²) < 4.78 is 24.8. The molecular formula is C23H35NO4. The molecule has 3 saturated heterocycles. The summed E-state index contributed by atoms with van der Waals surface area (Å²) in [5.74, 6) is 0.896. The number of nitrogens with one attached hydrogen (secondary N) is 1. The molecule has 156 valence electrons. The van der Waals surface area contributed by atoms with Crippen molar-refractivity contribution in [2.45, 2.75) is 70.6 Å². The number of ether oxygens (including phenoxy) is 4. The number of hydrogen-bond donors (Lipinski definition) is 1. The second-order valence-electron chi connectivity index (χ2n) is 8.70. The largest absolute Gasteiger partial charge is 0.462 e. The molecule has 1 aromatic carbocycles. The molecule has 4 rings (SSSR count). The molecule has 28 heavy (non-hydrogen) atoms. The van der Waals surface area contributed by atoms with Crippen LogP contribution in [0.4, 0.5) is 0 Å². The summed E-state index contributed by atoms with van der Waals surface area (Å²) in [6, 6.07) is 8.39. The van der Waals surface area contributed by atoms with E-state index in [1.165, 1.54) is 18.4 Å². The number of benzene rings is 1. The zero-order valence-electron chi connectivity index (χ0n) is 17.3. The summed E-state index contributed by atoms with van der Waals surface area (Å²) >= 11 is 0. The zero-order chi connectivity index (χ0) is 19.4. The SMILES string of the molecule is CC1CNCC1C(C)(Oc1ccc(C2CCCCO2)cc1)OC1CCCCO1. The maximum Gasteiger partial charge on any atom is 0.214 e. The molecule has 0 aliphatic carbocycles. The highest BCUT2D eigenvalue weighted by atomic mass is 16.8. The fraction of sp³-hybridized carbons (Fsp3) is 0.739. The monoisotopic (exact) mass is 389 g/mol. The number of hydrogen-bond acceptors (Lipinski definition) is 5. The lowest BCUT2D eigenvalue weighted by Gasteiger charge is -2.40. The predicted molar refractivity (Wildman–Crippen MR) is 108 cm³/mol. The summed E-state index contributed by atoms with van der Waals surface area (Å²) in [7, 11) is 0. The van der Waals surface area contributed by atoms with E-state index >= 15 is 0 Å². The lowest BCUT2D eigenvalue weighted by Crippen LogP contribution is -2.49. The maximum absolute atomic E-state index is 6.52. The minimum atomic E-state index is -0.715. The van der Waals surface area contributed by atoms with Gasteiger partial charge >= 0.3 is 0 Å². The second-order valence-corrected chi connectivity index (χ2v) is 8.70. The first-order chi connectivity index (χ1) is 13.6. The van der Waals surface area contributed by atoms with Crippen LogP contribution >= 0.6 is 0 Å². The molecule has 3 heterocycles. The van der Waals surface area contributed by atoms with Crippen LogP contribution in [0.3, 0.4) is 0 Å². The third kappa shape index (κ3) is 4.70. The van der Waals surface area contributed by atoms with E-state index in [2.05, 4.69) is 43.4 Å². The van der Waals surface area contributed by atoms with Crippen molar-refractivity contribution in [2.75, 3.05) is 26.3 Å². The second kappa shape index (κ2) is 9.12. The molecule has 3 aliphatic heterocycles. The van der Waals surface area contributed by atoms with Crippen LogP contribution in [0.2, 0.25) is 0 Å². The van der Waals surface area contributed by atoms with Gasteiger partial charge < -0.3 is 24.3 Å². The van der Waals surface area contributed by atoms with Crippen LogP contribution in [0.5, 0.6) is 5.75 Å². The molecule has 0 radical (unpaired) electrons. The van der Waals surface area contributed by atoms with Crippen LogP contribution in [0, 0.1) is 11.8 Å². The van der Waals surface area contributed by atoms with Crippen LogP contribution in [0.25, 0.3) is 0 Å². The van der Waals surface area contributed by atoms with Gasteiger partial charge in [0, 0.05) is 32.6 Å². The van der Waals surface area contributed by atoms with Crippen LogP contribution in [0.1, 0.15) is 64.0 Å². The van der Waals surface area contributed by atoms with Crippen molar-refractivity contribution in [3.8, 4) is 5.75 Å². The first kappa shape index (κ1) is 20.1. The van der Waals surface area contributed by atoms with Crippen molar-refractivity contribution < 1.29 is 18.9 Å². The minimum absolute atomic E-state index is 0.179. The van der Waals surface area contributed by atoms with Gasteiger partial charge in [-0.05, 0) is 68.7 Å². The molecule has 5 unspecified atom stereocenters. The Hall–Kier alpha value is -1.14. The van der Waals surface area contributed by atoms with Gasteiger partial charge in [0.2, 0.25) is 5.79 Å². The molecule has 5 atom stereocenters. The average Bonchev–Trinajstić information content (AvgIpc) is 3.17. The summed E-state index contributed by atoms with van der Waals surface area (Å²) in [6.45, 7) is 7.88. The molecule has 0 spiro atoms. The fourth-order valence-corrected chi connectivity index (χ4v) is 4.75.